The highest BCUT2D eigenvalue weighted by Gasteiger charge is 2.40. The molecule has 1 aliphatic rings. The van der Waals surface area contributed by atoms with E-state index in [1.54, 1.807) is 4.68 Å². The molecule has 0 aromatic carbocycles. The first-order valence-corrected chi connectivity index (χ1v) is 10.5. The van der Waals surface area contributed by atoms with Gasteiger partial charge in [-0.15, -0.1) is 0 Å². The molecule has 0 N–H and O–H groups in total. The fourth-order valence-corrected chi connectivity index (χ4v) is 4.11. The summed E-state index contributed by atoms with van der Waals surface area (Å²) in [6.45, 7) is 10.0. The van der Waals surface area contributed by atoms with Gasteiger partial charge in [0.1, 0.15) is 11.4 Å². The summed E-state index contributed by atoms with van der Waals surface area (Å²) in [5, 5.41) is 4.24. The van der Waals surface area contributed by atoms with Crippen molar-refractivity contribution in [2.45, 2.75) is 83.9 Å². The lowest BCUT2D eigenvalue weighted by molar-refractivity contribution is -0.00997. The summed E-state index contributed by atoms with van der Waals surface area (Å²) in [5.41, 5.74) is 1.38. The van der Waals surface area contributed by atoms with Crippen molar-refractivity contribution in [2.24, 2.45) is 7.05 Å². The zero-order valence-electron chi connectivity index (χ0n) is 18.4. The molecule has 1 unspecified atom stereocenters. The molecule has 3 atom stereocenters. The summed E-state index contributed by atoms with van der Waals surface area (Å²) in [6.07, 6.45) is 8.86. The molecular weight excluding hydrogens is 366 g/mol. The van der Waals surface area contributed by atoms with E-state index in [1.807, 2.05) is 57.4 Å². The van der Waals surface area contributed by atoms with Gasteiger partial charge in [0.05, 0.1) is 11.9 Å². The topological polar surface area (TPSA) is 73.1 Å². The quantitative estimate of drug-likeness (QED) is 0.754. The number of hydrogen-bond acceptors (Lipinski definition) is 5. The van der Waals surface area contributed by atoms with Gasteiger partial charge in [-0.1, -0.05) is 13.8 Å². The van der Waals surface area contributed by atoms with E-state index in [0.717, 1.165) is 42.8 Å². The molecule has 2 aromatic heterocycles. The van der Waals surface area contributed by atoms with Gasteiger partial charge in [0.2, 0.25) is 0 Å². The molecule has 1 fully saturated rings. The van der Waals surface area contributed by atoms with Crippen molar-refractivity contribution in [2.75, 3.05) is 0 Å². The van der Waals surface area contributed by atoms with E-state index in [9.17, 15) is 4.79 Å². The first-order valence-electron chi connectivity index (χ1n) is 10.5. The second-order valence-electron chi connectivity index (χ2n) is 8.88. The predicted octanol–water partition coefficient (Wildman–Crippen LogP) is 4.55. The molecule has 1 aliphatic heterocycles. The number of likely N-dealkylation sites (tertiary alicyclic amines) is 1. The fraction of sp³-hybridized carbons (Fsp3) is 0.636. The van der Waals surface area contributed by atoms with Crippen LogP contribution in [-0.2, 0) is 11.8 Å². The second-order valence-corrected chi connectivity index (χ2v) is 8.88. The Morgan fingerprint density at radius 2 is 1.86 bits per heavy atom. The number of aromatic nitrogens is 4. The van der Waals surface area contributed by atoms with Crippen molar-refractivity contribution >= 4 is 6.09 Å². The second kappa shape index (κ2) is 8.51. The zero-order chi connectivity index (χ0) is 21.2. The molecule has 7 heteroatoms. The number of piperidine rings is 1. The number of aryl methyl sites for hydroxylation is 1. The molecule has 0 aliphatic carbocycles. The summed E-state index contributed by atoms with van der Waals surface area (Å²) in [4.78, 5) is 24.3. The van der Waals surface area contributed by atoms with Crippen LogP contribution in [0.3, 0.4) is 0 Å². The molecule has 0 radical (unpaired) electrons. The Labute approximate surface area is 173 Å². The Hall–Kier alpha value is -2.44. The lowest BCUT2D eigenvalue weighted by Gasteiger charge is -2.44. The smallest absolute Gasteiger partial charge is 0.410 e. The third-order valence-electron chi connectivity index (χ3n) is 5.49. The highest BCUT2D eigenvalue weighted by molar-refractivity contribution is 5.69. The number of amides is 1. The number of carbonyl (C=O) groups is 1. The highest BCUT2D eigenvalue weighted by atomic mass is 16.6. The van der Waals surface area contributed by atoms with Crippen molar-refractivity contribution in [1.29, 1.82) is 0 Å². The van der Waals surface area contributed by atoms with Crippen molar-refractivity contribution in [3.05, 3.63) is 30.5 Å². The van der Waals surface area contributed by atoms with Crippen LogP contribution in [0.2, 0.25) is 0 Å². The van der Waals surface area contributed by atoms with Gasteiger partial charge in [0.25, 0.3) is 0 Å². The van der Waals surface area contributed by atoms with Crippen molar-refractivity contribution < 1.29 is 9.53 Å². The summed E-state index contributed by atoms with van der Waals surface area (Å²) in [6, 6.07) is 2.17. The summed E-state index contributed by atoms with van der Waals surface area (Å²) >= 11 is 0. The average molecular weight is 400 g/mol. The van der Waals surface area contributed by atoms with Crippen LogP contribution in [-0.4, -0.2) is 48.4 Å². The maximum atomic E-state index is 12.9. The molecule has 29 heavy (non-hydrogen) atoms. The molecule has 1 saturated heterocycles. The van der Waals surface area contributed by atoms with Gasteiger partial charge in [-0.2, -0.15) is 5.10 Å². The third-order valence-corrected chi connectivity index (χ3v) is 5.49. The SMILES string of the molecule is CC[C@@H]1CC(c2nccc(-c3cnn(C)c3)n2)C[C@H](CC)N1C(=O)OC(C)(C)C. The van der Waals surface area contributed by atoms with E-state index in [1.165, 1.54) is 0 Å². The van der Waals surface area contributed by atoms with Crippen LogP contribution in [0.5, 0.6) is 0 Å². The van der Waals surface area contributed by atoms with Gasteiger partial charge < -0.3 is 9.64 Å². The van der Waals surface area contributed by atoms with E-state index in [4.69, 9.17) is 9.72 Å². The van der Waals surface area contributed by atoms with Crippen molar-refractivity contribution in [1.82, 2.24) is 24.6 Å². The molecular formula is C22H33N5O2. The van der Waals surface area contributed by atoms with Gasteiger partial charge in [0, 0.05) is 43.0 Å². The Morgan fingerprint density at radius 1 is 1.21 bits per heavy atom. The molecule has 2 aromatic rings. The minimum atomic E-state index is -0.494. The number of rotatable bonds is 4. The van der Waals surface area contributed by atoms with E-state index in [-0.39, 0.29) is 24.1 Å². The number of nitrogens with zero attached hydrogens (tertiary/aromatic N) is 5. The van der Waals surface area contributed by atoms with Crippen LogP contribution in [0.15, 0.2) is 24.7 Å². The van der Waals surface area contributed by atoms with Crippen LogP contribution in [0.4, 0.5) is 4.79 Å². The Kier molecular flexibility index (Phi) is 6.24. The predicted molar refractivity (Wildman–Crippen MR) is 112 cm³/mol. The summed E-state index contributed by atoms with van der Waals surface area (Å²) < 4.78 is 7.48. The Bertz CT molecular complexity index is 828. The maximum Gasteiger partial charge on any atom is 0.410 e. The van der Waals surface area contributed by atoms with Crippen molar-refractivity contribution in [3.8, 4) is 11.3 Å². The number of hydrogen-bond donors (Lipinski definition) is 0. The minimum absolute atomic E-state index is 0.124. The zero-order valence-corrected chi connectivity index (χ0v) is 18.4. The minimum Gasteiger partial charge on any atom is -0.444 e. The third kappa shape index (κ3) is 4.95. The van der Waals surface area contributed by atoms with E-state index < -0.39 is 5.60 Å². The monoisotopic (exact) mass is 399 g/mol. The van der Waals surface area contributed by atoms with Gasteiger partial charge in [-0.25, -0.2) is 14.8 Å². The lowest BCUT2D eigenvalue weighted by atomic mass is 9.83. The van der Waals surface area contributed by atoms with Gasteiger partial charge in [-0.3, -0.25) is 4.68 Å². The Balaban J connectivity index is 1.84. The van der Waals surface area contributed by atoms with Crippen LogP contribution >= 0.6 is 0 Å². The van der Waals surface area contributed by atoms with Crippen molar-refractivity contribution in [3.63, 3.8) is 0 Å². The molecule has 0 spiro atoms. The van der Waals surface area contributed by atoms with Gasteiger partial charge in [-0.05, 0) is 52.5 Å². The number of carbonyl (C=O) groups excluding carboxylic acids is 1. The fourth-order valence-electron chi connectivity index (χ4n) is 4.11. The van der Waals surface area contributed by atoms with Crippen LogP contribution in [0.25, 0.3) is 11.3 Å². The maximum absolute atomic E-state index is 12.9. The average Bonchev–Trinajstić information content (AvgIpc) is 3.12. The van der Waals surface area contributed by atoms with E-state index >= 15 is 0 Å². The standard InChI is InChI=1S/C22H33N5O2/c1-7-17-11-15(12-18(8-2)27(17)21(28)29-22(3,4)5)20-23-10-9-19(25-20)16-13-24-26(6)14-16/h9-10,13-15,17-18H,7-8,11-12H2,1-6H3/t15?,17-,18+. The van der Waals surface area contributed by atoms with Crippen LogP contribution < -0.4 is 0 Å². The number of ether oxygens (including phenoxy) is 1. The lowest BCUT2D eigenvalue weighted by Crippen LogP contribution is -2.53. The molecule has 1 amide bonds. The molecule has 158 valence electrons. The molecule has 7 nitrogen and oxygen atoms in total. The molecule has 3 rings (SSSR count). The Morgan fingerprint density at radius 3 is 2.38 bits per heavy atom. The van der Waals surface area contributed by atoms with E-state index in [0.29, 0.717) is 0 Å². The van der Waals surface area contributed by atoms with Gasteiger partial charge in [0.15, 0.2) is 0 Å². The summed E-state index contributed by atoms with van der Waals surface area (Å²) in [7, 11) is 1.90. The van der Waals surface area contributed by atoms with Crippen LogP contribution in [0, 0.1) is 0 Å². The molecule has 3 heterocycles. The largest absolute Gasteiger partial charge is 0.444 e. The van der Waals surface area contributed by atoms with Gasteiger partial charge >= 0.3 is 6.09 Å². The molecule has 0 bridgehead atoms. The van der Waals surface area contributed by atoms with Crippen LogP contribution in [0.1, 0.15) is 72.0 Å². The first kappa shape index (κ1) is 21.3. The van der Waals surface area contributed by atoms with E-state index in [2.05, 4.69) is 23.9 Å². The molecule has 0 saturated carbocycles. The first-order chi connectivity index (χ1) is 13.7. The highest BCUT2D eigenvalue weighted by Crippen LogP contribution is 2.37. The summed E-state index contributed by atoms with van der Waals surface area (Å²) in [5.74, 6) is 1.08. The normalized spacial score (nSPS) is 22.6.